The molecule has 5 heteroatoms. The van der Waals surface area contributed by atoms with Gasteiger partial charge in [-0.25, -0.2) is 4.79 Å². The van der Waals surface area contributed by atoms with Crippen molar-refractivity contribution in [2.75, 3.05) is 22.1 Å². The van der Waals surface area contributed by atoms with Crippen LogP contribution in [-0.2, 0) is 11.2 Å². The number of hydrogen-bond acceptors (Lipinski definition) is 2. The molecule has 0 fully saturated rings. The number of rotatable bonds is 5. The van der Waals surface area contributed by atoms with Gasteiger partial charge < -0.3 is 15.5 Å². The first-order chi connectivity index (χ1) is 12.9. The average molecular weight is 365 g/mol. The monoisotopic (exact) mass is 365 g/mol. The molecule has 1 aliphatic heterocycles. The molecule has 142 valence electrons. The standard InChI is InChI=1S/C22H27N3O2/c1-15(2)12-13-25-20-10-9-19(14-17(20)6-11-21(25)26)24-22(27)23-18-7-4-16(3)5-8-18/h4-5,7-10,14-15H,6,11-13H2,1-3H3,(H2,23,24,27). The molecule has 1 heterocycles. The molecule has 1 aliphatic rings. The summed E-state index contributed by atoms with van der Waals surface area (Å²) in [5.41, 5.74) is 4.70. The molecular formula is C22H27N3O2. The van der Waals surface area contributed by atoms with Crippen molar-refractivity contribution in [3.8, 4) is 0 Å². The SMILES string of the molecule is Cc1ccc(NC(=O)Nc2ccc3c(c2)CCC(=O)N3CCC(C)C)cc1. The molecule has 0 aromatic heterocycles. The van der Waals surface area contributed by atoms with Gasteiger partial charge in [0.2, 0.25) is 5.91 Å². The maximum atomic E-state index is 12.3. The highest BCUT2D eigenvalue weighted by atomic mass is 16.2. The summed E-state index contributed by atoms with van der Waals surface area (Å²) in [5.74, 6) is 0.732. The lowest BCUT2D eigenvalue weighted by molar-refractivity contribution is -0.118. The van der Waals surface area contributed by atoms with Gasteiger partial charge >= 0.3 is 6.03 Å². The highest BCUT2D eigenvalue weighted by molar-refractivity contribution is 6.01. The fourth-order valence-electron chi connectivity index (χ4n) is 3.20. The number of hydrogen-bond donors (Lipinski definition) is 2. The number of carbonyl (C=O) groups is 2. The lowest BCUT2D eigenvalue weighted by Gasteiger charge is -2.30. The van der Waals surface area contributed by atoms with Crippen LogP contribution in [0.15, 0.2) is 42.5 Å². The van der Waals surface area contributed by atoms with E-state index in [1.807, 2.05) is 54.3 Å². The highest BCUT2D eigenvalue weighted by Gasteiger charge is 2.24. The molecular weight excluding hydrogens is 338 g/mol. The summed E-state index contributed by atoms with van der Waals surface area (Å²) in [5, 5.41) is 5.71. The fourth-order valence-corrected chi connectivity index (χ4v) is 3.20. The smallest absolute Gasteiger partial charge is 0.312 e. The number of amides is 3. The lowest BCUT2D eigenvalue weighted by Crippen LogP contribution is -2.36. The van der Waals surface area contributed by atoms with Crippen LogP contribution in [0.3, 0.4) is 0 Å². The van der Waals surface area contributed by atoms with Crippen molar-refractivity contribution >= 4 is 29.0 Å². The fraction of sp³-hybridized carbons (Fsp3) is 0.364. The number of fused-ring (bicyclic) bond motifs is 1. The van der Waals surface area contributed by atoms with Crippen LogP contribution in [-0.4, -0.2) is 18.5 Å². The van der Waals surface area contributed by atoms with E-state index >= 15 is 0 Å². The van der Waals surface area contributed by atoms with Crippen molar-refractivity contribution in [1.29, 1.82) is 0 Å². The van der Waals surface area contributed by atoms with Crippen LogP contribution < -0.4 is 15.5 Å². The first-order valence-corrected chi connectivity index (χ1v) is 9.50. The Kier molecular flexibility index (Phi) is 5.79. The topological polar surface area (TPSA) is 61.4 Å². The molecule has 3 amide bonds. The summed E-state index contributed by atoms with van der Waals surface area (Å²) in [6, 6.07) is 13.2. The number of nitrogens with zero attached hydrogens (tertiary/aromatic N) is 1. The number of anilines is 3. The molecule has 3 rings (SSSR count). The van der Waals surface area contributed by atoms with Gasteiger partial charge in [0.25, 0.3) is 0 Å². The largest absolute Gasteiger partial charge is 0.323 e. The number of aryl methyl sites for hydroxylation is 2. The van der Waals surface area contributed by atoms with Gasteiger partial charge in [-0.1, -0.05) is 31.5 Å². The van der Waals surface area contributed by atoms with Gasteiger partial charge in [0.05, 0.1) is 0 Å². The minimum atomic E-state index is -0.276. The molecule has 0 unspecified atom stereocenters. The molecule has 0 saturated heterocycles. The van der Waals surface area contributed by atoms with Crippen molar-refractivity contribution < 1.29 is 9.59 Å². The van der Waals surface area contributed by atoms with E-state index in [4.69, 9.17) is 0 Å². The van der Waals surface area contributed by atoms with Crippen molar-refractivity contribution in [1.82, 2.24) is 0 Å². The molecule has 2 aromatic carbocycles. The third kappa shape index (κ3) is 4.88. The van der Waals surface area contributed by atoms with E-state index in [2.05, 4.69) is 24.5 Å². The summed E-state index contributed by atoms with van der Waals surface area (Å²) < 4.78 is 0. The Labute approximate surface area is 160 Å². The van der Waals surface area contributed by atoms with Crippen LogP contribution in [0.2, 0.25) is 0 Å². The summed E-state index contributed by atoms with van der Waals surface area (Å²) >= 11 is 0. The van der Waals surface area contributed by atoms with E-state index in [-0.39, 0.29) is 11.9 Å². The number of benzene rings is 2. The number of carbonyl (C=O) groups excluding carboxylic acids is 2. The predicted octanol–water partition coefficient (Wildman–Crippen LogP) is 4.96. The molecule has 2 N–H and O–H groups in total. The zero-order chi connectivity index (χ0) is 19.4. The van der Waals surface area contributed by atoms with E-state index in [0.29, 0.717) is 18.8 Å². The van der Waals surface area contributed by atoms with E-state index in [0.717, 1.165) is 41.2 Å². The Balaban J connectivity index is 1.69. The third-order valence-electron chi connectivity index (χ3n) is 4.78. The predicted molar refractivity (Wildman–Crippen MR) is 110 cm³/mol. The lowest BCUT2D eigenvalue weighted by atomic mass is 9.99. The second kappa shape index (κ2) is 8.25. The molecule has 0 bridgehead atoms. The van der Waals surface area contributed by atoms with Gasteiger partial charge in [0, 0.05) is 30.0 Å². The Morgan fingerprint density at radius 3 is 2.41 bits per heavy atom. The number of urea groups is 1. The third-order valence-corrected chi connectivity index (χ3v) is 4.78. The maximum Gasteiger partial charge on any atom is 0.323 e. The van der Waals surface area contributed by atoms with Gasteiger partial charge in [0.1, 0.15) is 0 Å². The molecule has 0 aliphatic carbocycles. The molecule has 27 heavy (non-hydrogen) atoms. The summed E-state index contributed by atoms with van der Waals surface area (Å²) in [6.07, 6.45) is 2.20. The van der Waals surface area contributed by atoms with E-state index in [9.17, 15) is 9.59 Å². The van der Waals surface area contributed by atoms with Crippen molar-refractivity contribution in [2.45, 2.75) is 40.0 Å². The molecule has 2 aromatic rings. The summed E-state index contributed by atoms with van der Waals surface area (Å²) in [7, 11) is 0. The van der Waals surface area contributed by atoms with Gasteiger partial charge in [-0.15, -0.1) is 0 Å². The van der Waals surface area contributed by atoms with Crippen molar-refractivity contribution in [2.24, 2.45) is 5.92 Å². The zero-order valence-corrected chi connectivity index (χ0v) is 16.2. The van der Waals surface area contributed by atoms with Crippen LogP contribution in [0.25, 0.3) is 0 Å². The minimum Gasteiger partial charge on any atom is -0.312 e. The maximum absolute atomic E-state index is 12.3. The van der Waals surface area contributed by atoms with Crippen molar-refractivity contribution in [3.63, 3.8) is 0 Å². The minimum absolute atomic E-state index is 0.181. The van der Waals surface area contributed by atoms with Gasteiger partial charge in [0.15, 0.2) is 0 Å². The van der Waals surface area contributed by atoms with Gasteiger partial charge in [-0.2, -0.15) is 0 Å². The van der Waals surface area contributed by atoms with E-state index < -0.39 is 0 Å². The quantitative estimate of drug-likeness (QED) is 0.786. The Morgan fingerprint density at radius 1 is 1.04 bits per heavy atom. The second-order valence-corrected chi connectivity index (χ2v) is 7.52. The van der Waals surface area contributed by atoms with E-state index in [1.54, 1.807) is 0 Å². The van der Waals surface area contributed by atoms with Crippen LogP contribution in [0, 0.1) is 12.8 Å². The Bertz CT molecular complexity index is 828. The Morgan fingerprint density at radius 2 is 1.70 bits per heavy atom. The summed E-state index contributed by atoms with van der Waals surface area (Å²) in [4.78, 5) is 26.4. The van der Waals surface area contributed by atoms with Gasteiger partial charge in [-0.05, 0) is 61.6 Å². The highest BCUT2D eigenvalue weighted by Crippen LogP contribution is 2.31. The summed E-state index contributed by atoms with van der Waals surface area (Å²) in [6.45, 7) is 7.07. The van der Waals surface area contributed by atoms with Crippen LogP contribution in [0.5, 0.6) is 0 Å². The normalized spacial score (nSPS) is 13.5. The molecule has 0 atom stereocenters. The zero-order valence-electron chi connectivity index (χ0n) is 16.2. The number of nitrogens with one attached hydrogen (secondary N) is 2. The second-order valence-electron chi connectivity index (χ2n) is 7.52. The van der Waals surface area contributed by atoms with Crippen LogP contribution in [0.4, 0.5) is 21.9 Å². The molecule has 5 nitrogen and oxygen atoms in total. The first kappa shape index (κ1) is 19.0. The van der Waals surface area contributed by atoms with Crippen LogP contribution >= 0.6 is 0 Å². The van der Waals surface area contributed by atoms with Gasteiger partial charge in [-0.3, -0.25) is 4.79 Å². The first-order valence-electron chi connectivity index (χ1n) is 9.50. The molecule has 0 radical (unpaired) electrons. The van der Waals surface area contributed by atoms with E-state index in [1.165, 1.54) is 0 Å². The molecule has 0 saturated carbocycles. The van der Waals surface area contributed by atoms with Crippen LogP contribution in [0.1, 0.15) is 37.8 Å². The average Bonchev–Trinajstić information content (AvgIpc) is 2.62. The Hall–Kier alpha value is -2.82. The molecule has 0 spiro atoms. The van der Waals surface area contributed by atoms with Crippen molar-refractivity contribution in [3.05, 3.63) is 53.6 Å².